The van der Waals surface area contributed by atoms with Gasteiger partial charge in [0, 0.05) is 14.2 Å². The van der Waals surface area contributed by atoms with E-state index >= 15 is 0 Å². The van der Waals surface area contributed by atoms with Crippen LogP contribution in [-0.2, 0) is 9.47 Å². The Morgan fingerprint density at radius 2 is 1.64 bits per heavy atom. The summed E-state index contributed by atoms with van der Waals surface area (Å²) in [6, 6.07) is 0. The summed E-state index contributed by atoms with van der Waals surface area (Å²) in [5, 5.41) is 0. The van der Waals surface area contributed by atoms with E-state index in [1.807, 2.05) is 20.0 Å². The van der Waals surface area contributed by atoms with E-state index < -0.39 is 13.7 Å². The zero-order valence-electron chi connectivity index (χ0n) is 7.97. The highest BCUT2D eigenvalue weighted by Crippen LogP contribution is 2.26. The first-order valence-electron chi connectivity index (χ1n) is 3.76. The van der Waals surface area contributed by atoms with Gasteiger partial charge in [-0.15, -0.1) is 0 Å². The van der Waals surface area contributed by atoms with Gasteiger partial charge in [0.25, 0.3) is 0 Å². The smallest absolute Gasteiger partial charge is 0.247 e. The Labute approximate surface area is 69.5 Å². The summed E-state index contributed by atoms with van der Waals surface area (Å²) in [6.45, 7) is 5.56. The minimum atomic E-state index is -2.38. The van der Waals surface area contributed by atoms with E-state index in [-0.39, 0.29) is 0 Å². The molecule has 11 heavy (non-hydrogen) atoms. The van der Waals surface area contributed by atoms with Crippen molar-refractivity contribution in [3.63, 3.8) is 0 Å². The SMILES string of the molecule is CCC(OC)(OC)[Si](C)(C)O. The van der Waals surface area contributed by atoms with Crippen molar-refractivity contribution in [1.82, 2.24) is 0 Å². The summed E-state index contributed by atoms with van der Waals surface area (Å²) in [4.78, 5) is 9.82. The van der Waals surface area contributed by atoms with Crippen molar-refractivity contribution in [1.29, 1.82) is 0 Å². The van der Waals surface area contributed by atoms with Crippen molar-refractivity contribution >= 4 is 8.32 Å². The monoisotopic (exact) mass is 178 g/mol. The Hall–Kier alpha value is 0.0969. The molecule has 0 aromatic heterocycles. The molecule has 0 aromatic rings. The van der Waals surface area contributed by atoms with Gasteiger partial charge in [-0.2, -0.15) is 0 Å². The van der Waals surface area contributed by atoms with Crippen LogP contribution in [-0.4, -0.2) is 32.7 Å². The summed E-state index contributed by atoms with van der Waals surface area (Å²) < 4.78 is 10.4. The molecule has 0 aliphatic rings. The lowest BCUT2D eigenvalue weighted by molar-refractivity contribution is -0.160. The number of hydrogen-bond acceptors (Lipinski definition) is 3. The van der Waals surface area contributed by atoms with Crippen LogP contribution in [0.25, 0.3) is 0 Å². The third-order valence-corrected chi connectivity index (χ3v) is 4.68. The molecular weight excluding hydrogens is 160 g/mol. The lowest BCUT2D eigenvalue weighted by atomic mass is 10.5. The Balaban J connectivity index is 4.54. The molecule has 0 fully saturated rings. The van der Waals surface area contributed by atoms with E-state index in [4.69, 9.17) is 9.47 Å². The van der Waals surface area contributed by atoms with E-state index in [0.717, 1.165) is 0 Å². The summed E-state index contributed by atoms with van der Waals surface area (Å²) >= 11 is 0. The van der Waals surface area contributed by atoms with Crippen LogP contribution < -0.4 is 0 Å². The fraction of sp³-hybridized carbons (Fsp3) is 1.00. The van der Waals surface area contributed by atoms with Crippen molar-refractivity contribution in [2.75, 3.05) is 14.2 Å². The molecule has 0 heterocycles. The van der Waals surface area contributed by atoms with E-state index in [1.165, 1.54) is 0 Å². The summed E-state index contributed by atoms with van der Waals surface area (Å²) in [6.07, 6.45) is 0.676. The van der Waals surface area contributed by atoms with Gasteiger partial charge in [-0.05, 0) is 19.5 Å². The minimum Gasteiger partial charge on any atom is -0.427 e. The average molecular weight is 178 g/mol. The minimum absolute atomic E-state index is 0.676. The predicted molar refractivity (Wildman–Crippen MR) is 46.7 cm³/mol. The van der Waals surface area contributed by atoms with Crippen molar-refractivity contribution in [3.8, 4) is 0 Å². The first-order chi connectivity index (χ1) is 4.93. The van der Waals surface area contributed by atoms with Gasteiger partial charge in [0.05, 0.1) is 0 Å². The van der Waals surface area contributed by atoms with Gasteiger partial charge in [0.2, 0.25) is 8.32 Å². The van der Waals surface area contributed by atoms with Gasteiger partial charge >= 0.3 is 0 Å². The maximum atomic E-state index is 9.82. The molecule has 0 spiro atoms. The number of rotatable bonds is 4. The summed E-state index contributed by atoms with van der Waals surface area (Å²) in [7, 11) is 0.753. The maximum Gasteiger partial charge on any atom is 0.247 e. The van der Waals surface area contributed by atoms with Crippen LogP contribution in [0.1, 0.15) is 13.3 Å². The van der Waals surface area contributed by atoms with Crippen LogP contribution >= 0.6 is 0 Å². The Kier molecular flexibility index (Phi) is 3.70. The Morgan fingerprint density at radius 1 is 1.27 bits per heavy atom. The van der Waals surface area contributed by atoms with Crippen molar-refractivity contribution in [2.45, 2.75) is 31.8 Å². The highest BCUT2D eigenvalue weighted by atomic mass is 28.4. The van der Waals surface area contributed by atoms with Crippen LogP contribution in [0.3, 0.4) is 0 Å². The van der Waals surface area contributed by atoms with Crippen LogP contribution in [0.5, 0.6) is 0 Å². The number of ether oxygens (including phenoxy) is 2. The second-order valence-electron chi connectivity index (χ2n) is 3.07. The van der Waals surface area contributed by atoms with E-state index in [2.05, 4.69) is 0 Å². The van der Waals surface area contributed by atoms with Crippen LogP contribution in [0, 0.1) is 0 Å². The molecule has 4 heteroatoms. The lowest BCUT2D eigenvalue weighted by Gasteiger charge is -2.38. The third-order valence-electron chi connectivity index (χ3n) is 2.06. The lowest BCUT2D eigenvalue weighted by Crippen LogP contribution is -2.57. The van der Waals surface area contributed by atoms with Crippen LogP contribution in [0.15, 0.2) is 0 Å². The van der Waals surface area contributed by atoms with E-state index in [0.29, 0.717) is 6.42 Å². The quantitative estimate of drug-likeness (QED) is 0.518. The van der Waals surface area contributed by atoms with Crippen LogP contribution in [0.4, 0.5) is 0 Å². The molecule has 3 nitrogen and oxygen atoms in total. The zero-order chi connectivity index (χ0) is 9.12. The van der Waals surface area contributed by atoms with Gasteiger partial charge < -0.3 is 14.3 Å². The van der Waals surface area contributed by atoms with Gasteiger partial charge in [0.15, 0.2) is 5.41 Å². The summed E-state index contributed by atoms with van der Waals surface area (Å²) in [5.74, 6) is 0. The van der Waals surface area contributed by atoms with E-state index in [9.17, 15) is 4.80 Å². The molecule has 0 aromatic carbocycles. The highest BCUT2D eigenvalue weighted by molar-refractivity contribution is 6.72. The molecule has 0 atom stereocenters. The van der Waals surface area contributed by atoms with Crippen molar-refractivity contribution in [3.05, 3.63) is 0 Å². The molecule has 0 saturated heterocycles. The van der Waals surface area contributed by atoms with Gasteiger partial charge in [0.1, 0.15) is 0 Å². The maximum absolute atomic E-state index is 9.82. The second-order valence-corrected chi connectivity index (χ2v) is 6.95. The van der Waals surface area contributed by atoms with Gasteiger partial charge in [-0.3, -0.25) is 0 Å². The second kappa shape index (κ2) is 3.67. The largest absolute Gasteiger partial charge is 0.427 e. The van der Waals surface area contributed by atoms with E-state index in [1.54, 1.807) is 14.2 Å². The first-order valence-corrected chi connectivity index (χ1v) is 6.71. The standard InChI is InChI=1S/C7H18O3Si/c1-6-7(9-2,10-3)11(4,5)8/h8H,6H2,1-5H3. The molecule has 0 amide bonds. The molecular formula is C7H18O3Si. The van der Waals surface area contributed by atoms with Crippen LogP contribution in [0.2, 0.25) is 13.1 Å². The topological polar surface area (TPSA) is 38.7 Å². The number of methoxy groups -OCH3 is 2. The van der Waals surface area contributed by atoms with Crippen molar-refractivity contribution in [2.24, 2.45) is 0 Å². The average Bonchev–Trinajstić information content (AvgIpc) is 1.90. The zero-order valence-corrected chi connectivity index (χ0v) is 8.97. The fourth-order valence-electron chi connectivity index (χ4n) is 1.30. The Bertz CT molecular complexity index is 107. The molecule has 0 saturated carbocycles. The molecule has 0 aliphatic heterocycles. The molecule has 0 unspecified atom stereocenters. The van der Waals surface area contributed by atoms with Crippen molar-refractivity contribution < 1.29 is 14.3 Å². The third kappa shape index (κ3) is 2.02. The highest BCUT2D eigenvalue weighted by Gasteiger charge is 2.46. The predicted octanol–water partition coefficient (Wildman–Crippen LogP) is 1.12. The molecule has 68 valence electrons. The first kappa shape index (κ1) is 11.1. The Morgan fingerprint density at radius 3 is 1.64 bits per heavy atom. The van der Waals surface area contributed by atoms with Gasteiger partial charge in [-0.25, -0.2) is 0 Å². The van der Waals surface area contributed by atoms with Gasteiger partial charge in [-0.1, -0.05) is 6.92 Å². The number of hydrogen-bond donors (Lipinski definition) is 1. The molecule has 1 N–H and O–H groups in total. The normalized spacial score (nSPS) is 13.6. The molecule has 0 radical (unpaired) electrons. The molecule has 0 rings (SSSR count). The fourth-order valence-corrected chi connectivity index (χ4v) is 3.17. The molecule has 0 aliphatic carbocycles. The summed E-state index contributed by atoms with van der Waals surface area (Å²) in [5.41, 5.74) is -0.743. The molecule has 0 bridgehead atoms.